The fraction of sp³-hybridized carbons (Fsp3) is 0.417. The van der Waals surface area contributed by atoms with Gasteiger partial charge in [0.25, 0.3) is 0 Å². The number of anilines is 1. The average molecular weight is 480 g/mol. The van der Waals surface area contributed by atoms with Gasteiger partial charge in [0.15, 0.2) is 28.5 Å². The van der Waals surface area contributed by atoms with E-state index in [1.165, 1.54) is 0 Å². The summed E-state index contributed by atoms with van der Waals surface area (Å²) in [6.45, 7) is 4.23. The van der Waals surface area contributed by atoms with E-state index in [2.05, 4.69) is 26.2 Å². The van der Waals surface area contributed by atoms with E-state index < -0.39 is 6.08 Å². The molecule has 0 saturated carbocycles. The molecule has 0 aliphatic carbocycles. The zero-order chi connectivity index (χ0) is 24.5. The number of nitrogens with two attached hydrogens (primary N) is 1. The Labute approximate surface area is 201 Å². The minimum Gasteiger partial charge on any atom is -0.454 e. The summed E-state index contributed by atoms with van der Waals surface area (Å²) in [6, 6.07) is 3.78. The molecule has 1 unspecified atom stereocenters. The third-order valence-corrected chi connectivity index (χ3v) is 6.45. The summed E-state index contributed by atoms with van der Waals surface area (Å²) in [6.07, 6.45) is 7.16. The number of fused-ring (bicyclic) bond motifs is 2. The number of aromatic nitrogens is 4. The lowest BCUT2D eigenvalue weighted by Crippen LogP contribution is -2.41. The van der Waals surface area contributed by atoms with E-state index in [0.717, 1.165) is 24.9 Å². The number of likely N-dealkylation sites (tertiary alicyclic amines) is 1. The number of nitrogens with zero attached hydrogens (tertiary/aromatic N) is 5. The van der Waals surface area contributed by atoms with E-state index >= 15 is 0 Å². The second-order valence-electron chi connectivity index (χ2n) is 8.63. The van der Waals surface area contributed by atoms with Gasteiger partial charge in [-0.05, 0) is 24.5 Å². The van der Waals surface area contributed by atoms with E-state index in [1.807, 2.05) is 15.5 Å². The van der Waals surface area contributed by atoms with Gasteiger partial charge in [0, 0.05) is 57.2 Å². The number of carbonyl (C=O) groups excluding carboxylic acids is 1. The van der Waals surface area contributed by atoms with Crippen molar-refractivity contribution in [1.29, 1.82) is 0 Å². The Morgan fingerprint density at radius 3 is 2.89 bits per heavy atom. The van der Waals surface area contributed by atoms with Crippen LogP contribution < -0.4 is 20.5 Å². The summed E-state index contributed by atoms with van der Waals surface area (Å²) < 4.78 is 26.8. The van der Waals surface area contributed by atoms with Crippen LogP contribution in [0, 0.1) is 18.4 Å². The van der Waals surface area contributed by atoms with Gasteiger partial charge in [0.2, 0.25) is 12.7 Å². The van der Waals surface area contributed by atoms with Gasteiger partial charge in [-0.15, -0.1) is 6.42 Å². The number of imidazole rings is 1. The number of rotatable bonds is 7. The van der Waals surface area contributed by atoms with Crippen molar-refractivity contribution in [3.63, 3.8) is 0 Å². The molecule has 182 valence electrons. The molecule has 0 radical (unpaired) electrons. The summed E-state index contributed by atoms with van der Waals surface area (Å²) in [7, 11) is 0. The van der Waals surface area contributed by atoms with Crippen LogP contribution >= 0.6 is 0 Å². The minimum atomic E-state index is -0.911. The number of hydrogen-bond donors (Lipinski definition) is 2. The number of amides is 1. The molecule has 2 aliphatic rings. The zero-order valence-corrected chi connectivity index (χ0v) is 19.4. The number of ether oxygens (including phenoxy) is 2. The zero-order valence-electron chi connectivity index (χ0n) is 19.4. The molecule has 10 nitrogen and oxygen atoms in total. The van der Waals surface area contributed by atoms with Gasteiger partial charge in [0.1, 0.15) is 5.82 Å². The number of benzene rings is 1. The maximum Gasteiger partial charge on any atom is 0.312 e. The largest absolute Gasteiger partial charge is 0.454 e. The fourth-order valence-corrected chi connectivity index (χ4v) is 4.77. The predicted octanol–water partition coefficient (Wildman–Crippen LogP) is 1.45. The Bertz CT molecular complexity index is 1330. The van der Waals surface area contributed by atoms with Crippen LogP contribution in [0.5, 0.6) is 11.5 Å². The van der Waals surface area contributed by atoms with Crippen LogP contribution in [0.3, 0.4) is 0 Å². The summed E-state index contributed by atoms with van der Waals surface area (Å²) in [4.78, 5) is 25.9. The fourth-order valence-electron chi connectivity index (χ4n) is 4.77. The highest BCUT2D eigenvalue weighted by Crippen LogP contribution is 2.35. The van der Waals surface area contributed by atoms with Gasteiger partial charge in [-0.2, -0.15) is 14.4 Å². The molecule has 1 atom stereocenters. The molecular formula is C24H26FN7O3. The summed E-state index contributed by atoms with van der Waals surface area (Å²) >= 11 is 0. The van der Waals surface area contributed by atoms with Crippen LogP contribution in [0.2, 0.25) is 0 Å². The second kappa shape index (κ2) is 9.38. The van der Waals surface area contributed by atoms with Crippen molar-refractivity contribution in [3.05, 3.63) is 35.2 Å². The van der Waals surface area contributed by atoms with E-state index in [4.69, 9.17) is 21.6 Å². The minimum absolute atomic E-state index is 0.0219. The van der Waals surface area contributed by atoms with Gasteiger partial charge < -0.3 is 30.0 Å². The van der Waals surface area contributed by atoms with Crippen LogP contribution in [0.1, 0.15) is 36.7 Å². The van der Waals surface area contributed by atoms with E-state index in [-0.39, 0.29) is 24.6 Å². The van der Waals surface area contributed by atoms with Crippen molar-refractivity contribution in [3.8, 4) is 23.8 Å². The molecular weight excluding hydrogens is 453 g/mol. The highest BCUT2D eigenvalue weighted by atomic mass is 19.1. The standard InChI is InChI=1S/C24H26FN7O3/c1-3-15-9-18-19(35-13-34-18)10-16(15)11-20-28-21-22(26)29-24(25)30-23(21)32(20)8-6-27-12-17-5-4-7-31(17)14(2)33/h1,9-10,17,27H,4-8,11-13H2,2H3,(H2,26,29,30). The third-order valence-electron chi connectivity index (χ3n) is 6.45. The maximum absolute atomic E-state index is 14.0. The Morgan fingerprint density at radius 2 is 2.11 bits per heavy atom. The van der Waals surface area contributed by atoms with Crippen molar-refractivity contribution >= 4 is 22.9 Å². The monoisotopic (exact) mass is 479 g/mol. The molecule has 35 heavy (non-hydrogen) atoms. The second-order valence-corrected chi connectivity index (χ2v) is 8.63. The molecule has 0 bridgehead atoms. The predicted molar refractivity (Wildman–Crippen MR) is 126 cm³/mol. The van der Waals surface area contributed by atoms with Gasteiger partial charge in [0.05, 0.1) is 0 Å². The quantitative estimate of drug-likeness (QED) is 0.297. The normalized spacial score (nSPS) is 16.7. The van der Waals surface area contributed by atoms with Crippen LogP contribution in [-0.2, 0) is 17.8 Å². The van der Waals surface area contributed by atoms with Gasteiger partial charge in [-0.3, -0.25) is 4.79 Å². The molecule has 5 rings (SSSR count). The molecule has 2 aromatic heterocycles. The van der Waals surface area contributed by atoms with Crippen molar-refractivity contribution in [2.75, 3.05) is 32.2 Å². The molecule has 1 amide bonds. The first kappa shape index (κ1) is 22.9. The summed E-state index contributed by atoms with van der Waals surface area (Å²) in [5.41, 5.74) is 8.08. The van der Waals surface area contributed by atoms with Crippen molar-refractivity contribution in [1.82, 2.24) is 29.7 Å². The van der Waals surface area contributed by atoms with Gasteiger partial charge >= 0.3 is 6.08 Å². The maximum atomic E-state index is 14.0. The van der Waals surface area contributed by atoms with Crippen molar-refractivity contribution in [2.24, 2.45) is 0 Å². The van der Waals surface area contributed by atoms with Crippen molar-refractivity contribution < 1.29 is 18.7 Å². The molecule has 4 heterocycles. The van der Waals surface area contributed by atoms with Crippen LogP contribution in [-0.4, -0.2) is 62.8 Å². The molecule has 3 aromatic rings. The van der Waals surface area contributed by atoms with Crippen LogP contribution in [0.4, 0.5) is 10.2 Å². The summed E-state index contributed by atoms with van der Waals surface area (Å²) in [5.74, 6) is 4.59. The lowest BCUT2D eigenvalue weighted by atomic mass is 10.0. The molecule has 11 heteroatoms. The molecule has 3 N–H and O–H groups in total. The number of hydrogen-bond acceptors (Lipinski definition) is 8. The van der Waals surface area contributed by atoms with Gasteiger partial charge in [-0.25, -0.2) is 4.98 Å². The molecule has 1 saturated heterocycles. The van der Waals surface area contributed by atoms with E-state index in [9.17, 15) is 9.18 Å². The first-order valence-corrected chi connectivity index (χ1v) is 11.5. The lowest BCUT2D eigenvalue weighted by Gasteiger charge is -2.23. The number of nitrogens with one attached hydrogen (secondary N) is 1. The highest BCUT2D eigenvalue weighted by molar-refractivity contribution is 5.82. The molecule has 1 aromatic carbocycles. The Kier molecular flexibility index (Phi) is 6.13. The van der Waals surface area contributed by atoms with E-state index in [0.29, 0.717) is 60.1 Å². The highest BCUT2D eigenvalue weighted by Gasteiger charge is 2.26. The molecule has 0 spiro atoms. The Hall–Kier alpha value is -3.91. The number of carbonyl (C=O) groups is 1. The topological polar surface area (TPSA) is 120 Å². The van der Waals surface area contributed by atoms with Crippen LogP contribution in [0.25, 0.3) is 11.2 Å². The lowest BCUT2D eigenvalue weighted by molar-refractivity contribution is -0.129. The van der Waals surface area contributed by atoms with Gasteiger partial charge in [-0.1, -0.05) is 5.92 Å². The number of terminal acetylenes is 1. The van der Waals surface area contributed by atoms with Crippen molar-refractivity contribution in [2.45, 2.75) is 38.8 Å². The molecule has 1 fully saturated rings. The number of nitrogen functional groups attached to an aromatic ring is 1. The first-order chi connectivity index (χ1) is 16.9. The smallest absolute Gasteiger partial charge is 0.312 e. The Morgan fingerprint density at radius 1 is 1.31 bits per heavy atom. The number of halogens is 1. The van der Waals surface area contributed by atoms with E-state index in [1.54, 1.807) is 13.0 Å². The Balaban J connectivity index is 1.40. The average Bonchev–Trinajstić information content (AvgIpc) is 3.55. The molecule has 2 aliphatic heterocycles. The first-order valence-electron chi connectivity index (χ1n) is 11.5. The summed E-state index contributed by atoms with van der Waals surface area (Å²) in [5, 5.41) is 3.41. The van der Waals surface area contributed by atoms with Crippen LogP contribution in [0.15, 0.2) is 12.1 Å². The SMILES string of the molecule is C#Cc1cc2c(cc1Cc1nc3c(N)nc(F)nc3n1CCNCC1CCCN1C(C)=O)OCO2. The third kappa shape index (κ3) is 4.44.